The molecule has 3 rings (SSSR count). The van der Waals surface area contributed by atoms with Crippen LogP contribution in [0.15, 0.2) is 0 Å². The number of piperidine rings is 1. The highest BCUT2D eigenvalue weighted by Crippen LogP contribution is 2.28. The lowest BCUT2D eigenvalue weighted by atomic mass is 9.97. The molecule has 1 amide bonds. The second kappa shape index (κ2) is 5.80. The SMILES string of the molecule is CCN(C(=O)CNC1CCN2CCCC2C1)C1CC1. The van der Waals surface area contributed by atoms with Gasteiger partial charge in [-0.25, -0.2) is 0 Å². The molecule has 2 atom stereocenters. The quantitative estimate of drug-likeness (QED) is 0.812. The molecule has 0 aromatic heterocycles. The number of nitrogens with one attached hydrogen (secondary N) is 1. The Hall–Kier alpha value is -0.610. The van der Waals surface area contributed by atoms with Gasteiger partial charge in [0, 0.05) is 24.7 Å². The van der Waals surface area contributed by atoms with E-state index in [1.807, 2.05) is 0 Å². The van der Waals surface area contributed by atoms with Gasteiger partial charge in [0.2, 0.25) is 5.91 Å². The zero-order chi connectivity index (χ0) is 13.2. The Kier molecular flexibility index (Phi) is 4.08. The molecule has 0 radical (unpaired) electrons. The second-order valence-corrected chi connectivity index (χ2v) is 6.35. The van der Waals surface area contributed by atoms with Gasteiger partial charge < -0.3 is 15.1 Å². The van der Waals surface area contributed by atoms with Gasteiger partial charge in [-0.05, 0) is 58.5 Å². The van der Waals surface area contributed by atoms with Crippen LogP contribution < -0.4 is 5.32 Å². The molecule has 1 aliphatic carbocycles. The van der Waals surface area contributed by atoms with E-state index < -0.39 is 0 Å². The number of carbonyl (C=O) groups excluding carboxylic acids is 1. The molecule has 19 heavy (non-hydrogen) atoms. The van der Waals surface area contributed by atoms with E-state index in [0.29, 0.717) is 24.5 Å². The summed E-state index contributed by atoms with van der Waals surface area (Å²) in [5.74, 6) is 0.304. The summed E-state index contributed by atoms with van der Waals surface area (Å²) in [6, 6.07) is 1.89. The zero-order valence-electron chi connectivity index (χ0n) is 12.1. The predicted octanol–water partition coefficient (Wildman–Crippen LogP) is 1.21. The fraction of sp³-hybridized carbons (Fsp3) is 0.933. The lowest BCUT2D eigenvalue weighted by Crippen LogP contribution is -2.48. The molecule has 0 aromatic rings. The summed E-state index contributed by atoms with van der Waals surface area (Å²) >= 11 is 0. The van der Waals surface area contributed by atoms with E-state index >= 15 is 0 Å². The van der Waals surface area contributed by atoms with Crippen LogP contribution >= 0.6 is 0 Å². The minimum Gasteiger partial charge on any atom is -0.339 e. The Morgan fingerprint density at radius 1 is 1.26 bits per heavy atom. The highest BCUT2D eigenvalue weighted by atomic mass is 16.2. The van der Waals surface area contributed by atoms with E-state index in [9.17, 15) is 4.79 Å². The third-order valence-corrected chi connectivity index (χ3v) is 5.01. The summed E-state index contributed by atoms with van der Waals surface area (Å²) in [4.78, 5) is 16.9. The summed E-state index contributed by atoms with van der Waals surface area (Å²) in [5, 5.41) is 3.51. The number of rotatable bonds is 5. The van der Waals surface area contributed by atoms with Gasteiger partial charge in [0.25, 0.3) is 0 Å². The zero-order valence-corrected chi connectivity index (χ0v) is 12.1. The van der Waals surface area contributed by atoms with Gasteiger partial charge in [0.15, 0.2) is 0 Å². The standard InChI is InChI=1S/C15H27N3O/c1-2-18(13-5-6-13)15(19)11-16-12-7-9-17-8-3-4-14(17)10-12/h12-14,16H,2-11H2,1H3. The molecule has 0 bridgehead atoms. The second-order valence-electron chi connectivity index (χ2n) is 6.35. The molecule has 2 unspecified atom stereocenters. The first kappa shape index (κ1) is 13.4. The molecule has 3 fully saturated rings. The lowest BCUT2D eigenvalue weighted by Gasteiger charge is -2.35. The number of nitrogens with zero attached hydrogens (tertiary/aromatic N) is 2. The fourth-order valence-electron chi connectivity index (χ4n) is 3.77. The summed E-state index contributed by atoms with van der Waals surface area (Å²) in [6.07, 6.45) is 7.58. The van der Waals surface area contributed by atoms with Crippen LogP contribution in [-0.4, -0.2) is 60.0 Å². The van der Waals surface area contributed by atoms with E-state index in [0.717, 1.165) is 12.6 Å². The first-order chi connectivity index (χ1) is 9.28. The molecule has 108 valence electrons. The summed E-state index contributed by atoms with van der Waals surface area (Å²) in [6.45, 7) is 6.01. The lowest BCUT2D eigenvalue weighted by molar-refractivity contribution is -0.130. The van der Waals surface area contributed by atoms with E-state index in [-0.39, 0.29) is 0 Å². The van der Waals surface area contributed by atoms with Gasteiger partial charge in [0.05, 0.1) is 6.54 Å². The Morgan fingerprint density at radius 2 is 2.11 bits per heavy atom. The van der Waals surface area contributed by atoms with Gasteiger partial charge in [0.1, 0.15) is 0 Å². The predicted molar refractivity (Wildman–Crippen MR) is 76.0 cm³/mol. The summed E-state index contributed by atoms with van der Waals surface area (Å²) in [7, 11) is 0. The van der Waals surface area contributed by atoms with Gasteiger partial charge in [-0.3, -0.25) is 4.79 Å². The maximum absolute atomic E-state index is 12.2. The fourth-order valence-corrected chi connectivity index (χ4v) is 3.77. The first-order valence-electron chi connectivity index (χ1n) is 8.05. The molecular weight excluding hydrogens is 238 g/mol. The van der Waals surface area contributed by atoms with Crippen molar-refractivity contribution in [1.82, 2.24) is 15.1 Å². The maximum atomic E-state index is 12.2. The Morgan fingerprint density at radius 3 is 2.84 bits per heavy atom. The molecule has 1 saturated carbocycles. The Balaban J connectivity index is 1.43. The number of hydrogen-bond donors (Lipinski definition) is 1. The minimum atomic E-state index is 0.304. The smallest absolute Gasteiger partial charge is 0.236 e. The van der Waals surface area contributed by atoms with Crippen LogP contribution in [0.5, 0.6) is 0 Å². The van der Waals surface area contributed by atoms with Crippen molar-refractivity contribution >= 4 is 5.91 Å². The maximum Gasteiger partial charge on any atom is 0.236 e. The molecule has 4 nitrogen and oxygen atoms in total. The third-order valence-electron chi connectivity index (χ3n) is 5.01. The van der Waals surface area contributed by atoms with Crippen LogP contribution in [0.2, 0.25) is 0 Å². The number of fused-ring (bicyclic) bond motifs is 1. The Bertz CT molecular complexity index is 329. The highest BCUT2D eigenvalue weighted by molar-refractivity contribution is 5.78. The molecule has 0 spiro atoms. The molecular formula is C15H27N3O. The van der Waals surface area contributed by atoms with Crippen LogP contribution in [0, 0.1) is 0 Å². The topological polar surface area (TPSA) is 35.6 Å². The summed E-state index contributed by atoms with van der Waals surface area (Å²) in [5.41, 5.74) is 0. The molecule has 2 heterocycles. The van der Waals surface area contributed by atoms with Crippen molar-refractivity contribution in [2.24, 2.45) is 0 Å². The molecule has 2 saturated heterocycles. The van der Waals surface area contributed by atoms with Crippen molar-refractivity contribution in [3.8, 4) is 0 Å². The molecule has 3 aliphatic rings. The van der Waals surface area contributed by atoms with E-state index in [1.165, 1.54) is 51.6 Å². The average molecular weight is 265 g/mol. The normalized spacial score (nSPS) is 31.2. The highest BCUT2D eigenvalue weighted by Gasteiger charge is 2.33. The van der Waals surface area contributed by atoms with E-state index in [4.69, 9.17) is 0 Å². The monoisotopic (exact) mass is 265 g/mol. The number of amides is 1. The van der Waals surface area contributed by atoms with Gasteiger partial charge in [-0.15, -0.1) is 0 Å². The number of carbonyl (C=O) groups is 1. The van der Waals surface area contributed by atoms with Crippen LogP contribution in [0.1, 0.15) is 45.4 Å². The number of likely N-dealkylation sites (N-methyl/N-ethyl adjacent to an activating group) is 1. The molecule has 0 aromatic carbocycles. The largest absolute Gasteiger partial charge is 0.339 e. The molecule has 4 heteroatoms. The van der Waals surface area contributed by atoms with Gasteiger partial charge in [-0.1, -0.05) is 0 Å². The van der Waals surface area contributed by atoms with Crippen LogP contribution in [0.3, 0.4) is 0 Å². The van der Waals surface area contributed by atoms with E-state index in [2.05, 4.69) is 22.0 Å². The average Bonchev–Trinajstić information content (AvgIpc) is 3.14. The van der Waals surface area contributed by atoms with E-state index in [1.54, 1.807) is 0 Å². The molecule has 1 N–H and O–H groups in total. The Labute approximate surface area is 116 Å². The van der Waals surface area contributed by atoms with Crippen molar-refractivity contribution in [2.45, 2.75) is 63.6 Å². The van der Waals surface area contributed by atoms with Crippen molar-refractivity contribution in [2.75, 3.05) is 26.2 Å². The number of hydrogen-bond acceptors (Lipinski definition) is 3. The molecule has 2 aliphatic heterocycles. The summed E-state index contributed by atoms with van der Waals surface area (Å²) < 4.78 is 0. The minimum absolute atomic E-state index is 0.304. The third kappa shape index (κ3) is 3.11. The van der Waals surface area contributed by atoms with Crippen molar-refractivity contribution in [3.05, 3.63) is 0 Å². The van der Waals surface area contributed by atoms with Crippen molar-refractivity contribution in [3.63, 3.8) is 0 Å². The van der Waals surface area contributed by atoms with Crippen molar-refractivity contribution < 1.29 is 4.79 Å². The first-order valence-corrected chi connectivity index (χ1v) is 8.05. The van der Waals surface area contributed by atoms with Gasteiger partial charge >= 0.3 is 0 Å². The van der Waals surface area contributed by atoms with Crippen LogP contribution in [-0.2, 0) is 4.79 Å². The van der Waals surface area contributed by atoms with Crippen LogP contribution in [0.4, 0.5) is 0 Å². The van der Waals surface area contributed by atoms with Gasteiger partial charge in [-0.2, -0.15) is 0 Å². The van der Waals surface area contributed by atoms with Crippen molar-refractivity contribution in [1.29, 1.82) is 0 Å². The van der Waals surface area contributed by atoms with Crippen LogP contribution in [0.25, 0.3) is 0 Å².